The lowest BCUT2D eigenvalue weighted by atomic mass is 10.1. The van der Waals surface area contributed by atoms with Gasteiger partial charge in [-0.25, -0.2) is 13.2 Å². The lowest BCUT2D eigenvalue weighted by molar-refractivity contribution is 0.0570. The standard InChI is InChI=1S/C21H24ClN3O5S/c1-3-30-21(27)25-12-10-24(11-13-25)20(26)16-6-9-19(18(22)14-16)23-31(28,29)17-7-4-15(2)5-8-17/h4-9,14,23H,3,10-13H2,1-2H3. The van der Waals surface area contributed by atoms with Gasteiger partial charge in [0.05, 0.1) is 22.2 Å². The van der Waals surface area contributed by atoms with Crippen LogP contribution in [0.3, 0.4) is 0 Å². The minimum Gasteiger partial charge on any atom is -0.450 e. The quantitative estimate of drug-likeness (QED) is 0.730. The molecule has 0 radical (unpaired) electrons. The highest BCUT2D eigenvalue weighted by Crippen LogP contribution is 2.26. The van der Waals surface area contributed by atoms with Gasteiger partial charge < -0.3 is 14.5 Å². The van der Waals surface area contributed by atoms with E-state index in [1.807, 2.05) is 6.92 Å². The highest BCUT2D eigenvalue weighted by Gasteiger charge is 2.26. The number of carbonyl (C=O) groups is 2. The van der Waals surface area contributed by atoms with Gasteiger partial charge in [-0.1, -0.05) is 29.3 Å². The van der Waals surface area contributed by atoms with Crippen molar-refractivity contribution in [1.29, 1.82) is 0 Å². The fourth-order valence-corrected chi connectivity index (χ4v) is 4.51. The number of sulfonamides is 1. The number of amides is 2. The molecule has 31 heavy (non-hydrogen) atoms. The lowest BCUT2D eigenvalue weighted by Crippen LogP contribution is -2.50. The number of nitrogens with one attached hydrogen (secondary N) is 1. The van der Waals surface area contributed by atoms with Gasteiger partial charge in [-0.2, -0.15) is 0 Å². The van der Waals surface area contributed by atoms with Gasteiger partial charge >= 0.3 is 6.09 Å². The summed E-state index contributed by atoms with van der Waals surface area (Å²) in [6.07, 6.45) is -0.386. The van der Waals surface area contributed by atoms with E-state index >= 15 is 0 Å². The summed E-state index contributed by atoms with van der Waals surface area (Å²) in [5, 5.41) is 0.117. The number of rotatable bonds is 5. The molecule has 1 heterocycles. The van der Waals surface area contributed by atoms with E-state index in [4.69, 9.17) is 16.3 Å². The van der Waals surface area contributed by atoms with Crippen LogP contribution in [0.5, 0.6) is 0 Å². The van der Waals surface area contributed by atoms with E-state index < -0.39 is 10.0 Å². The molecule has 2 aromatic carbocycles. The van der Waals surface area contributed by atoms with Gasteiger partial charge in [-0.3, -0.25) is 9.52 Å². The molecule has 1 fully saturated rings. The summed E-state index contributed by atoms with van der Waals surface area (Å²) in [6, 6.07) is 10.9. The second-order valence-corrected chi connectivity index (χ2v) is 9.18. The lowest BCUT2D eigenvalue weighted by Gasteiger charge is -2.34. The Morgan fingerprint density at radius 1 is 1.03 bits per heavy atom. The van der Waals surface area contributed by atoms with Gasteiger partial charge in [-0.05, 0) is 44.2 Å². The van der Waals surface area contributed by atoms with Crippen molar-refractivity contribution in [2.45, 2.75) is 18.7 Å². The Balaban J connectivity index is 1.67. The third-order valence-electron chi connectivity index (χ3n) is 4.88. The zero-order valence-corrected chi connectivity index (χ0v) is 18.9. The zero-order chi connectivity index (χ0) is 22.6. The molecule has 0 aliphatic carbocycles. The van der Waals surface area contributed by atoms with Gasteiger partial charge in [-0.15, -0.1) is 0 Å². The normalized spacial score (nSPS) is 14.3. The fourth-order valence-electron chi connectivity index (χ4n) is 3.14. The average molecular weight is 466 g/mol. The first-order valence-corrected chi connectivity index (χ1v) is 11.7. The number of hydrogen-bond donors (Lipinski definition) is 1. The van der Waals surface area contributed by atoms with Crippen LogP contribution >= 0.6 is 11.6 Å². The Morgan fingerprint density at radius 2 is 1.65 bits per heavy atom. The minimum absolute atomic E-state index is 0.117. The summed E-state index contributed by atoms with van der Waals surface area (Å²) in [7, 11) is -3.80. The summed E-state index contributed by atoms with van der Waals surface area (Å²) in [6.45, 7) is 5.42. The van der Waals surface area contributed by atoms with Crippen LogP contribution in [0.25, 0.3) is 0 Å². The molecule has 0 unspecified atom stereocenters. The van der Waals surface area contributed by atoms with E-state index in [0.29, 0.717) is 38.3 Å². The molecule has 2 amide bonds. The Hall–Kier alpha value is -2.78. The SMILES string of the molecule is CCOC(=O)N1CCN(C(=O)c2ccc(NS(=O)(=O)c3ccc(C)cc3)c(Cl)c2)CC1. The number of anilines is 1. The Kier molecular flexibility index (Phi) is 7.07. The number of ether oxygens (including phenoxy) is 1. The molecular weight excluding hydrogens is 442 g/mol. The minimum atomic E-state index is -3.80. The molecule has 0 aromatic heterocycles. The van der Waals surface area contributed by atoms with E-state index in [-0.39, 0.29) is 27.6 Å². The molecule has 8 nitrogen and oxygen atoms in total. The van der Waals surface area contributed by atoms with Crippen LogP contribution in [0.2, 0.25) is 5.02 Å². The third-order valence-corrected chi connectivity index (χ3v) is 6.58. The van der Waals surface area contributed by atoms with Crippen molar-refractivity contribution >= 4 is 39.3 Å². The third kappa shape index (κ3) is 5.48. The molecule has 10 heteroatoms. The molecule has 1 aliphatic rings. The van der Waals surface area contributed by atoms with Crippen molar-refractivity contribution in [3.05, 3.63) is 58.6 Å². The van der Waals surface area contributed by atoms with Crippen LogP contribution in [0.4, 0.5) is 10.5 Å². The number of halogens is 1. The highest BCUT2D eigenvalue weighted by molar-refractivity contribution is 7.92. The van der Waals surface area contributed by atoms with Crippen molar-refractivity contribution < 1.29 is 22.7 Å². The second kappa shape index (κ2) is 9.57. The molecular formula is C21H24ClN3O5S. The van der Waals surface area contributed by atoms with Crippen molar-refractivity contribution in [1.82, 2.24) is 9.80 Å². The summed E-state index contributed by atoms with van der Waals surface area (Å²) in [5.41, 5.74) is 1.47. The monoisotopic (exact) mass is 465 g/mol. The summed E-state index contributed by atoms with van der Waals surface area (Å²) < 4.78 is 32.6. The van der Waals surface area contributed by atoms with Gasteiger partial charge in [0, 0.05) is 31.7 Å². The van der Waals surface area contributed by atoms with Crippen molar-refractivity contribution in [3.8, 4) is 0 Å². The van der Waals surface area contributed by atoms with Crippen LogP contribution in [0.1, 0.15) is 22.8 Å². The topological polar surface area (TPSA) is 96.0 Å². The van der Waals surface area contributed by atoms with Crippen molar-refractivity contribution in [2.24, 2.45) is 0 Å². The molecule has 1 saturated heterocycles. The van der Waals surface area contributed by atoms with Crippen LogP contribution in [0, 0.1) is 6.92 Å². The fraction of sp³-hybridized carbons (Fsp3) is 0.333. The Morgan fingerprint density at radius 3 is 2.23 bits per heavy atom. The largest absolute Gasteiger partial charge is 0.450 e. The van der Waals surface area contributed by atoms with Crippen LogP contribution in [-0.2, 0) is 14.8 Å². The zero-order valence-electron chi connectivity index (χ0n) is 17.3. The molecule has 0 spiro atoms. The van der Waals surface area contributed by atoms with Crippen LogP contribution < -0.4 is 4.72 Å². The molecule has 0 atom stereocenters. The van der Waals surface area contributed by atoms with Gasteiger partial charge in [0.2, 0.25) is 0 Å². The van der Waals surface area contributed by atoms with Crippen molar-refractivity contribution in [2.75, 3.05) is 37.5 Å². The Labute approximate surface area is 186 Å². The molecule has 2 aromatic rings. The number of hydrogen-bond acceptors (Lipinski definition) is 5. The molecule has 166 valence electrons. The average Bonchev–Trinajstić information content (AvgIpc) is 2.75. The van der Waals surface area contributed by atoms with Gasteiger partial charge in [0.15, 0.2) is 0 Å². The number of nitrogens with zero attached hydrogens (tertiary/aromatic N) is 2. The maximum absolute atomic E-state index is 12.8. The van der Waals surface area contributed by atoms with E-state index in [1.165, 1.54) is 30.3 Å². The molecule has 1 aliphatic heterocycles. The summed E-state index contributed by atoms with van der Waals surface area (Å²) in [5.74, 6) is -0.238. The Bertz CT molecular complexity index is 1060. The van der Waals surface area contributed by atoms with Crippen molar-refractivity contribution in [3.63, 3.8) is 0 Å². The summed E-state index contributed by atoms with van der Waals surface area (Å²) >= 11 is 6.26. The first-order chi connectivity index (χ1) is 14.7. The maximum Gasteiger partial charge on any atom is 0.409 e. The molecule has 3 rings (SSSR count). The second-order valence-electron chi connectivity index (χ2n) is 7.09. The van der Waals surface area contributed by atoms with E-state index in [0.717, 1.165) is 5.56 Å². The van der Waals surface area contributed by atoms with Gasteiger partial charge in [0.25, 0.3) is 15.9 Å². The smallest absolute Gasteiger partial charge is 0.409 e. The van der Waals surface area contributed by atoms with Gasteiger partial charge in [0.1, 0.15) is 0 Å². The van der Waals surface area contributed by atoms with E-state index in [9.17, 15) is 18.0 Å². The first-order valence-electron chi connectivity index (χ1n) is 9.81. The van der Waals surface area contributed by atoms with E-state index in [1.54, 1.807) is 28.9 Å². The molecule has 0 saturated carbocycles. The highest BCUT2D eigenvalue weighted by atomic mass is 35.5. The first kappa shape index (κ1) is 22.9. The predicted octanol–water partition coefficient (Wildman–Crippen LogP) is 3.36. The number of aryl methyl sites for hydroxylation is 1. The number of benzene rings is 2. The van der Waals surface area contributed by atoms with E-state index in [2.05, 4.69) is 4.72 Å². The predicted molar refractivity (Wildman–Crippen MR) is 118 cm³/mol. The molecule has 1 N–H and O–H groups in total. The maximum atomic E-state index is 12.8. The van der Waals surface area contributed by atoms with Crippen LogP contribution in [0.15, 0.2) is 47.4 Å². The summed E-state index contributed by atoms with van der Waals surface area (Å²) in [4.78, 5) is 27.9. The molecule has 0 bridgehead atoms. The number of piperazine rings is 1. The van der Waals surface area contributed by atoms with Crippen LogP contribution in [-0.4, -0.2) is 63.0 Å². The number of carbonyl (C=O) groups excluding carboxylic acids is 2.